The van der Waals surface area contributed by atoms with Crippen molar-refractivity contribution in [3.05, 3.63) is 0 Å². The lowest BCUT2D eigenvalue weighted by atomic mass is 11.5. The molecule has 0 amide bonds. The molecule has 1 unspecified atom stereocenters. The van der Waals surface area contributed by atoms with Gasteiger partial charge < -0.3 is 0 Å². The van der Waals surface area contributed by atoms with Crippen molar-refractivity contribution in [1.29, 1.82) is 1.28 Å². The van der Waals surface area contributed by atoms with Crippen LogP contribution in [0.3, 0.4) is 0 Å². The van der Waals surface area contributed by atoms with E-state index in [2.05, 4.69) is 22.2 Å². The second-order valence-electron chi connectivity index (χ2n) is 0.453. The smallest absolute Gasteiger partial charge is 0.171 e. The lowest BCUT2D eigenvalue weighted by molar-refractivity contribution is 1.48. The van der Waals surface area contributed by atoms with Gasteiger partial charge in [-0.1, -0.05) is 0 Å². The van der Waals surface area contributed by atoms with E-state index in [1.165, 1.54) is 0 Å². The Bertz CT molecular complexity index is 95.7. The average Bonchev–Trinajstić information content (AvgIpc) is 1.61. The first kappa shape index (κ1) is 5.00. The summed E-state index contributed by atoms with van der Waals surface area (Å²) in [7, 11) is -0.233. The Morgan fingerprint density at radius 3 is 3.00 bits per heavy atom. The zero-order valence-corrected chi connectivity index (χ0v) is 6.65. The van der Waals surface area contributed by atoms with Crippen LogP contribution in [0.25, 0.3) is 0 Å². The fourth-order valence-electron chi connectivity index (χ4n) is 0.0393. The summed E-state index contributed by atoms with van der Waals surface area (Å²) in [4.78, 5) is 3.34. The van der Waals surface area contributed by atoms with E-state index >= 15 is 0 Å². The summed E-state index contributed by atoms with van der Waals surface area (Å²) in [6.45, 7) is 0. The quantitative estimate of drug-likeness (QED) is 0.170. The van der Waals surface area contributed by atoms with Gasteiger partial charge >= 0.3 is 0 Å². The lowest BCUT2D eigenvalue weighted by Gasteiger charge is -1.69. The summed E-state index contributed by atoms with van der Waals surface area (Å²) in [6, 6.07) is 0. The van der Waals surface area contributed by atoms with E-state index < -0.39 is 0 Å². The molecule has 0 saturated carbocycles. The topological polar surface area (TPSA) is 24.7 Å². The fourth-order valence-corrected chi connectivity index (χ4v) is 0.564. The van der Waals surface area contributed by atoms with Gasteiger partial charge in [0, 0.05) is 9.34 Å². The van der Waals surface area contributed by atoms with Gasteiger partial charge in [-0.25, -0.2) is 0 Å². The van der Waals surface area contributed by atoms with E-state index in [0.717, 1.165) is 0 Å². The molecule has 0 spiro atoms. The van der Waals surface area contributed by atoms with Crippen LogP contribution in [-0.2, 0) is 0 Å². The van der Waals surface area contributed by atoms with Gasteiger partial charge in [0.1, 0.15) is 0 Å². The van der Waals surface area contributed by atoms with Crippen molar-refractivity contribution < 1.29 is 0 Å². The number of hydrogen-bond acceptors (Lipinski definition) is 2. The van der Waals surface area contributed by atoms with Crippen molar-refractivity contribution in [2.24, 2.45) is 10.00 Å². The van der Waals surface area contributed by atoms with Gasteiger partial charge in [0.2, 0.25) is 0 Å². The van der Waals surface area contributed by atoms with Gasteiger partial charge in [0.05, 0.1) is 1.28 Å². The van der Waals surface area contributed by atoms with Crippen LogP contribution in [0.5, 0.6) is 0 Å². The first-order valence-corrected chi connectivity index (χ1v) is 2.97. The Kier molecular flexibility index (Phi) is 3.35. The summed E-state index contributed by atoms with van der Waals surface area (Å²) in [5.41, 5.74) is 0. The number of thiocarbonyl (C=S) groups is 1. The molecule has 0 fully saturated rings. The predicted octanol–water partition coefficient (Wildman–Crippen LogP) is 1.95. The first-order chi connectivity index (χ1) is 3.27. The average molecular weight is 234 g/mol. The molecule has 0 aliphatic carbocycles. The number of rotatable bonds is 1. The van der Waals surface area contributed by atoms with Crippen molar-refractivity contribution in [1.82, 2.24) is 0 Å². The summed E-state index contributed by atoms with van der Waals surface area (Å²) in [6.07, 6.45) is 0. The van der Waals surface area contributed by atoms with Crippen molar-refractivity contribution in [2.45, 2.75) is 0 Å². The van der Waals surface area contributed by atoms with Crippen LogP contribution in [0.1, 0.15) is 0 Å². The minimum absolute atomic E-state index is 0.233. The summed E-state index contributed by atoms with van der Waals surface area (Å²) < 4.78 is 6.96. The van der Waals surface area contributed by atoms with Crippen molar-refractivity contribution in [3.8, 4) is 0 Å². The third-order valence-corrected chi connectivity index (χ3v) is 0.526. The normalized spacial score (nSPS) is 13.8. The molecule has 0 aromatic rings. The molecule has 0 radical (unpaired) electrons. The van der Waals surface area contributed by atoms with Crippen LogP contribution >= 0.6 is 44.1 Å². The highest BCUT2D eigenvalue weighted by Gasteiger charge is 1.73. The minimum atomic E-state index is -0.233. The van der Waals surface area contributed by atoms with E-state index in [1.54, 1.807) is 0 Å². The van der Waals surface area contributed by atoms with Gasteiger partial charge in [-0.15, -0.1) is 5.11 Å². The lowest BCUT2D eigenvalue weighted by Crippen LogP contribution is -1.60. The maximum atomic E-state index is 6.50. The Hall–Kier alpha value is 0.850. The molecule has 0 bridgehead atoms. The molecule has 0 aliphatic rings. The van der Waals surface area contributed by atoms with E-state index in [4.69, 9.17) is 1.28 Å². The van der Waals surface area contributed by atoms with E-state index in [0.29, 0.717) is 3.00 Å². The van der Waals surface area contributed by atoms with Crippen LogP contribution < -0.4 is 0 Å². The SMILES string of the molecule is [3H]P/N=N/C(=S)I. The van der Waals surface area contributed by atoms with Crippen LogP contribution in [-0.4, -0.2) is 4.27 Å². The molecule has 0 aromatic carbocycles. The molecular formula is CH2IN2PS. The molecule has 34 valence electrons. The first-order valence-electron chi connectivity index (χ1n) is 1.54. The van der Waals surface area contributed by atoms with Gasteiger partial charge in [-0.05, 0) is 34.8 Å². The van der Waals surface area contributed by atoms with Crippen molar-refractivity contribution in [2.75, 3.05) is 0 Å². The van der Waals surface area contributed by atoms with Crippen molar-refractivity contribution >= 4 is 47.1 Å². The Labute approximate surface area is 58.5 Å². The van der Waals surface area contributed by atoms with Crippen LogP contribution in [0, 0.1) is 0 Å². The van der Waals surface area contributed by atoms with E-state index in [-0.39, 0.29) is 9.34 Å². The summed E-state index contributed by atoms with van der Waals surface area (Å²) >= 11 is 6.37. The molecule has 0 rings (SSSR count). The zero-order chi connectivity index (χ0) is 5.70. The standard InChI is InChI=1S/CH2IN2PS/c2-1(6)3-4-5/h5H2/b4-3+/i5T. The van der Waals surface area contributed by atoms with Crippen LogP contribution in [0.4, 0.5) is 0 Å². The van der Waals surface area contributed by atoms with Gasteiger partial charge in [0.15, 0.2) is 3.00 Å². The Balaban J connectivity index is 3.26. The van der Waals surface area contributed by atoms with Gasteiger partial charge in [-0.2, -0.15) is 4.88 Å². The molecule has 0 N–H and O–H groups in total. The molecule has 2 nitrogen and oxygen atoms in total. The molecular weight excluding hydrogens is 230 g/mol. The maximum absolute atomic E-state index is 6.50. The zero-order valence-electron chi connectivity index (χ0n) is 3.68. The van der Waals surface area contributed by atoms with E-state index in [9.17, 15) is 0 Å². The van der Waals surface area contributed by atoms with Gasteiger partial charge in [0.25, 0.3) is 0 Å². The fraction of sp³-hybridized carbons (Fsp3) is 0. The summed E-state index contributed by atoms with van der Waals surface area (Å²) in [5.74, 6) is 0. The number of halogens is 1. The van der Waals surface area contributed by atoms with Crippen LogP contribution in [0.15, 0.2) is 10.00 Å². The number of nitrogens with zero attached hydrogens (tertiary/aromatic N) is 2. The molecule has 1 atom stereocenters. The monoisotopic (exact) mass is 234 g/mol. The molecule has 0 aliphatic heterocycles. The summed E-state index contributed by atoms with van der Waals surface area (Å²) in [5, 5.41) is 3.41. The molecule has 5 heteroatoms. The molecule has 0 heterocycles. The van der Waals surface area contributed by atoms with Crippen molar-refractivity contribution in [3.63, 3.8) is 0 Å². The van der Waals surface area contributed by atoms with Gasteiger partial charge in [-0.3, -0.25) is 0 Å². The van der Waals surface area contributed by atoms with Crippen LogP contribution in [0.2, 0.25) is 0 Å². The largest absolute Gasteiger partial charge is 0.186 e. The Morgan fingerprint density at radius 1 is 2.17 bits per heavy atom. The molecule has 0 saturated heterocycles. The molecule has 6 heavy (non-hydrogen) atoms. The highest BCUT2D eigenvalue weighted by molar-refractivity contribution is 14.1. The molecule has 0 aromatic heterocycles. The highest BCUT2D eigenvalue weighted by Crippen LogP contribution is 1.94. The van der Waals surface area contributed by atoms with E-state index in [1.807, 2.05) is 22.6 Å². The highest BCUT2D eigenvalue weighted by atomic mass is 127. The predicted molar refractivity (Wildman–Crippen MR) is 41.2 cm³/mol. The second kappa shape index (κ2) is 4.02. The Morgan fingerprint density at radius 2 is 2.83 bits per heavy atom. The number of hydrogen-bond donors (Lipinski definition) is 0. The second-order valence-corrected chi connectivity index (χ2v) is 2.79. The maximum Gasteiger partial charge on any atom is 0.186 e. The minimum Gasteiger partial charge on any atom is -0.171 e. The third kappa shape index (κ3) is 4.85. The third-order valence-electron chi connectivity index (χ3n) is 0.129.